The number of anilines is 1. The van der Waals surface area contributed by atoms with E-state index >= 15 is 0 Å². The Morgan fingerprint density at radius 1 is 1.19 bits per heavy atom. The second kappa shape index (κ2) is 5.81. The Hall–Kier alpha value is -1.95. The summed E-state index contributed by atoms with van der Waals surface area (Å²) in [5.74, 6) is 0.418. The summed E-state index contributed by atoms with van der Waals surface area (Å²) < 4.78 is 1.08. The molecule has 0 unspecified atom stereocenters. The summed E-state index contributed by atoms with van der Waals surface area (Å²) in [6.07, 6.45) is 4.82. The van der Waals surface area contributed by atoms with Crippen LogP contribution in [0.3, 0.4) is 0 Å². The number of nitrogens with two attached hydrogens (primary N) is 1. The van der Waals surface area contributed by atoms with Crippen LogP contribution in [0.15, 0.2) is 41.1 Å². The predicted octanol–water partition coefficient (Wildman–Crippen LogP) is 2.50. The molecule has 0 atom stereocenters. The van der Waals surface area contributed by atoms with Crippen LogP contribution in [0, 0.1) is 0 Å². The van der Waals surface area contributed by atoms with Gasteiger partial charge in [-0.2, -0.15) is 0 Å². The van der Waals surface area contributed by atoms with Crippen molar-refractivity contribution in [3.63, 3.8) is 0 Å². The minimum Gasteiger partial charge on any atom is -0.382 e. The number of nitrogens with zero attached hydrogens (tertiary/aromatic N) is 2. The highest BCUT2D eigenvalue weighted by Crippen LogP contribution is 2.37. The molecule has 1 aromatic heterocycles. The second-order valence-corrected chi connectivity index (χ2v) is 6.10. The van der Waals surface area contributed by atoms with Crippen molar-refractivity contribution in [3.05, 3.63) is 52.4 Å². The topological polar surface area (TPSA) is 80.9 Å². The lowest BCUT2D eigenvalue weighted by atomic mass is 9.76. The van der Waals surface area contributed by atoms with E-state index in [4.69, 9.17) is 5.73 Å². The van der Waals surface area contributed by atoms with Gasteiger partial charge >= 0.3 is 0 Å². The molecule has 3 N–H and O–H groups in total. The van der Waals surface area contributed by atoms with E-state index in [1.165, 1.54) is 18.0 Å². The molecule has 0 saturated heterocycles. The van der Waals surface area contributed by atoms with Crippen molar-refractivity contribution in [2.24, 2.45) is 0 Å². The molecule has 5 nitrogen and oxygen atoms in total. The Bertz CT molecular complexity index is 653. The van der Waals surface area contributed by atoms with Gasteiger partial charge in [0.05, 0.1) is 0 Å². The highest BCUT2D eigenvalue weighted by atomic mass is 79.9. The van der Waals surface area contributed by atoms with Gasteiger partial charge in [0.1, 0.15) is 0 Å². The van der Waals surface area contributed by atoms with Crippen LogP contribution in [0.5, 0.6) is 0 Å². The highest BCUT2D eigenvalue weighted by molar-refractivity contribution is 9.10. The number of carbonyl (C=O) groups excluding carboxylic acids is 1. The number of halogens is 1. The van der Waals surface area contributed by atoms with Crippen molar-refractivity contribution in [2.75, 3.05) is 5.73 Å². The molecule has 0 radical (unpaired) electrons. The van der Waals surface area contributed by atoms with Gasteiger partial charge in [0.15, 0.2) is 11.5 Å². The minimum absolute atomic E-state index is 0.166. The molecule has 1 aromatic carbocycles. The number of hydrogen-bond donors (Lipinski definition) is 2. The fraction of sp³-hybridized carbons (Fsp3) is 0.267. The van der Waals surface area contributed by atoms with E-state index in [0.717, 1.165) is 17.3 Å². The molecule has 1 fully saturated rings. The number of nitrogens with one attached hydrogen (secondary N) is 1. The van der Waals surface area contributed by atoms with Gasteiger partial charge in [-0.1, -0.05) is 28.1 Å². The number of aromatic nitrogens is 2. The summed E-state index contributed by atoms with van der Waals surface area (Å²) in [4.78, 5) is 19.9. The zero-order chi connectivity index (χ0) is 14.8. The molecule has 0 aliphatic heterocycles. The average molecular weight is 347 g/mol. The lowest BCUT2D eigenvalue weighted by Crippen LogP contribution is -2.43. The molecule has 0 bridgehead atoms. The zero-order valence-electron chi connectivity index (χ0n) is 11.3. The summed E-state index contributed by atoms with van der Waals surface area (Å²) in [7, 11) is 0. The molecule has 1 amide bonds. The largest absolute Gasteiger partial charge is 0.382 e. The molecule has 108 valence electrons. The fourth-order valence-electron chi connectivity index (χ4n) is 2.52. The van der Waals surface area contributed by atoms with Crippen LogP contribution < -0.4 is 11.1 Å². The molecule has 1 saturated carbocycles. The Morgan fingerprint density at radius 3 is 2.52 bits per heavy atom. The molecule has 2 aromatic rings. The minimum atomic E-state index is -0.250. The molecule has 0 spiro atoms. The third kappa shape index (κ3) is 3.05. The zero-order valence-corrected chi connectivity index (χ0v) is 12.9. The van der Waals surface area contributed by atoms with Gasteiger partial charge in [-0.15, -0.1) is 0 Å². The summed E-state index contributed by atoms with van der Waals surface area (Å²) >= 11 is 3.43. The van der Waals surface area contributed by atoms with Crippen LogP contribution in [0.1, 0.15) is 34.8 Å². The van der Waals surface area contributed by atoms with Crippen molar-refractivity contribution in [1.29, 1.82) is 0 Å². The number of carbonyl (C=O) groups is 1. The van der Waals surface area contributed by atoms with Gasteiger partial charge in [0.25, 0.3) is 5.91 Å². The molecule has 1 aliphatic carbocycles. The monoisotopic (exact) mass is 346 g/mol. The SMILES string of the molecule is Nc1nccnc1C(=O)NC1CC(c2ccc(Br)cc2)C1. The lowest BCUT2D eigenvalue weighted by molar-refractivity contribution is 0.0904. The number of benzene rings is 1. The normalized spacial score (nSPS) is 20.6. The predicted molar refractivity (Wildman–Crippen MR) is 83.8 cm³/mol. The van der Waals surface area contributed by atoms with Crippen LogP contribution >= 0.6 is 15.9 Å². The molecular formula is C15H15BrN4O. The van der Waals surface area contributed by atoms with E-state index in [0.29, 0.717) is 5.92 Å². The number of nitrogen functional groups attached to an aromatic ring is 1. The van der Waals surface area contributed by atoms with E-state index in [1.54, 1.807) is 0 Å². The third-order valence-electron chi connectivity index (χ3n) is 3.76. The van der Waals surface area contributed by atoms with Crippen LogP contribution in [-0.2, 0) is 0 Å². The van der Waals surface area contributed by atoms with E-state index < -0.39 is 0 Å². The first-order valence-corrected chi connectivity index (χ1v) is 7.55. The van der Waals surface area contributed by atoms with Crippen molar-refractivity contribution in [1.82, 2.24) is 15.3 Å². The summed E-state index contributed by atoms with van der Waals surface area (Å²) in [6.45, 7) is 0. The Balaban J connectivity index is 1.56. The first-order valence-electron chi connectivity index (χ1n) is 6.76. The van der Waals surface area contributed by atoms with Crippen LogP contribution in [0.4, 0.5) is 5.82 Å². The quantitative estimate of drug-likeness (QED) is 0.894. The Kier molecular flexibility index (Phi) is 3.88. The molecule has 3 rings (SSSR count). The number of amides is 1. The first kappa shape index (κ1) is 14.0. The summed E-state index contributed by atoms with van der Waals surface area (Å²) in [5, 5.41) is 2.95. The average Bonchev–Trinajstić information content (AvgIpc) is 2.44. The maximum Gasteiger partial charge on any atom is 0.273 e. The Morgan fingerprint density at radius 2 is 1.86 bits per heavy atom. The molecule has 1 heterocycles. The lowest BCUT2D eigenvalue weighted by Gasteiger charge is -2.36. The third-order valence-corrected chi connectivity index (χ3v) is 4.28. The van der Waals surface area contributed by atoms with Crippen molar-refractivity contribution in [3.8, 4) is 0 Å². The van der Waals surface area contributed by atoms with Crippen LogP contribution in [0.25, 0.3) is 0 Å². The van der Waals surface area contributed by atoms with Crippen molar-refractivity contribution < 1.29 is 4.79 Å². The number of hydrogen-bond acceptors (Lipinski definition) is 4. The van der Waals surface area contributed by atoms with Crippen LogP contribution in [0.2, 0.25) is 0 Å². The smallest absolute Gasteiger partial charge is 0.273 e. The summed E-state index contributed by atoms with van der Waals surface area (Å²) in [6, 6.07) is 8.50. The molecule has 1 aliphatic rings. The first-order chi connectivity index (χ1) is 10.1. The van der Waals surface area contributed by atoms with Gasteiger partial charge < -0.3 is 11.1 Å². The molecule has 6 heteroatoms. The second-order valence-electron chi connectivity index (χ2n) is 5.18. The molecule has 21 heavy (non-hydrogen) atoms. The van der Waals surface area contributed by atoms with E-state index in [-0.39, 0.29) is 23.5 Å². The van der Waals surface area contributed by atoms with E-state index in [1.807, 2.05) is 12.1 Å². The highest BCUT2D eigenvalue weighted by Gasteiger charge is 2.32. The summed E-state index contributed by atoms with van der Waals surface area (Å²) in [5.41, 5.74) is 7.16. The van der Waals surface area contributed by atoms with Crippen molar-refractivity contribution in [2.45, 2.75) is 24.8 Å². The fourth-order valence-corrected chi connectivity index (χ4v) is 2.78. The van der Waals surface area contributed by atoms with Gasteiger partial charge in [-0.3, -0.25) is 4.79 Å². The van der Waals surface area contributed by atoms with Gasteiger partial charge in [0, 0.05) is 22.9 Å². The van der Waals surface area contributed by atoms with Gasteiger partial charge in [0.2, 0.25) is 0 Å². The van der Waals surface area contributed by atoms with Crippen molar-refractivity contribution >= 4 is 27.7 Å². The number of rotatable bonds is 3. The molecular weight excluding hydrogens is 332 g/mol. The van der Waals surface area contributed by atoms with Gasteiger partial charge in [-0.05, 0) is 36.5 Å². The van der Waals surface area contributed by atoms with E-state index in [2.05, 4.69) is 43.3 Å². The van der Waals surface area contributed by atoms with Gasteiger partial charge in [-0.25, -0.2) is 9.97 Å². The Labute approximate surface area is 131 Å². The van der Waals surface area contributed by atoms with E-state index in [9.17, 15) is 4.79 Å². The van der Waals surface area contributed by atoms with Crippen LogP contribution in [-0.4, -0.2) is 21.9 Å². The maximum absolute atomic E-state index is 12.1. The maximum atomic E-state index is 12.1. The standard InChI is InChI=1S/C15H15BrN4O/c16-11-3-1-9(2-4-11)10-7-12(8-10)20-15(21)13-14(17)19-6-5-18-13/h1-6,10,12H,7-8H2,(H2,17,19)(H,20,21).